The third-order valence-corrected chi connectivity index (χ3v) is 5.06. The maximum absolute atomic E-state index is 4.39. The van der Waals surface area contributed by atoms with E-state index in [0.717, 1.165) is 23.9 Å². The number of hydrogen-bond acceptors (Lipinski definition) is 4. The summed E-state index contributed by atoms with van der Waals surface area (Å²) in [6.45, 7) is 6.56. The average Bonchev–Trinajstić information content (AvgIpc) is 3.25. The summed E-state index contributed by atoms with van der Waals surface area (Å²) in [5, 5.41) is 13.8. The number of likely N-dealkylation sites (tertiary alicyclic amines) is 1. The van der Waals surface area contributed by atoms with Crippen molar-refractivity contribution in [1.29, 1.82) is 0 Å². The van der Waals surface area contributed by atoms with Crippen LogP contribution in [-0.2, 0) is 6.54 Å². The number of unbranched alkanes of at least 4 members (excludes halogenated alkanes) is 1. The second-order valence-corrected chi connectivity index (χ2v) is 7.07. The zero-order chi connectivity index (χ0) is 18.9. The van der Waals surface area contributed by atoms with Crippen LogP contribution in [0.15, 0.2) is 35.6 Å². The predicted octanol–water partition coefficient (Wildman–Crippen LogP) is 3.02. The smallest absolute Gasteiger partial charge is 0.191 e. The molecular weight excluding hydrogens is 465 g/mol. The molecule has 154 valence electrons. The first-order valence-electron chi connectivity index (χ1n) is 9.92. The van der Waals surface area contributed by atoms with Crippen LogP contribution in [0.1, 0.15) is 38.2 Å². The maximum atomic E-state index is 4.39. The van der Waals surface area contributed by atoms with Crippen molar-refractivity contribution in [2.45, 2.75) is 45.2 Å². The standard InChI is InChI=1S/C20H31N7.HI/c1-3-4-10-27-11-8-18(9-12-27)25-20(21-2)22-14-16-6-5-7-17(13-16)19-23-15-24-26-19;/h5-7,13,15,18H,3-4,8-12,14H2,1-2H3,(H2,21,22,25)(H,23,24,26);1H. The molecule has 0 atom stereocenters. The van der Waals surface area contributed by atoms with Crippen LogP contribution in [0.3, 0.4) is 0 Å². The average molecular weight is 497 g/mol. The molecular formula is C20H32IN7. The molecule has 3 rings (SSSR count). The van der Waals surface area contributed by atoms with Crippen LogP contribution in [0, 0.1) is 0 Å². The molecule has 0 unspecified atom stereocenters. The van der Waals surface area contributed by atoms with Crippen molar-refractivity contribution in [1.82, 2.24) is 30.7 Å². The molecule has 1 saturated heterocycles. The van der Waals surface area contributed by atoms with Gasteiger partial charge in [0.15, 0.2) is 11.8 Å². The number of piperidine rings is 1. The van der Waals surface area contributed by atoms with Gasteiger partial charge in [-0.1, -0.05) is 31.5 Å². The van der Waals surface area contributed by atoms with Gasteiger partial charge in [0.2, 0.25) is 0 Å². The minimum absolute atomic E-state index is 0. The Balaban J connectivity index is 0.00000280. The van der Waals surface area contributed by atoms with E-state index < -0.39 is 0 Å². The number of halogens is 1. The Hall–Kier alpha value is -1.68. The van der Waals surface area contributed by atoms with Crippen molar-refractivity contribution in [3.8, 4) is 11.4 Å². The third kappa shape index (κ3) is 6.73. The van der Waals surface area contributed by atoms with E-state index in [0.29, 0.717) is 6.04 Å². The SMILES string of the molecule is CCCCN1CCC(NC(=NC)NCc2cccc(-c3ncn[nH]3)c2)CC1.I. The molecule has 0 bridgehead atoms. The van der Waals surface area contributed by atoms with Crippen LogP contribution in [0.4, 0.5) is 0 Å². The Morgan fingerprint density at radius 1 is 1.32 bits per heavy atom. The van der Waals surface area contributed by atoms with E-state index >= 15 is 0 Å². The zero-order valence-corrected chi connectivity index (χ0v) is 19.1. The number of hydrogen-bond donors (Lipinski definition) is 3. The lowest BCUT2D eigenvalue weighted by Gasteiger charge is -2.33. The van der Waals surface area contributed by atoms with Crippen LogP contribution in [0.2, 0.25) is 0 Å². The summed E-state index contributed by atoms with van der Waals surface area (Å²) in [6.07, 6.45) is 6.44. The van der Waals surface area contributed by atoms with Gasteiger partial charge in [0.05, 0.1) is 0 Å². The van der Waals surface area contributed by atoms with E-state index in [-0.39, 0.29) is 24.0 Å². The van der Waals surface area contributed by atoms with Crippen LogP contribution >= 0.6 is 24.0 Å². The Labute approximate surface area is 184 Å². The number of nitrogens with one attached hydrogen (secondary N) is 3. The molecule has 2 aromatic rings. The molecule has 7 nitrogen and oxygen atoms in total. The molecule has 8 heteroatoms. The Morgan fingerprint density at radius 3 is 2.82 bits per heavy atom. The number of aliphatic imine (C=N–C) groups is 1. The van der Waals surface area contributed by atoms with E-state index in [9.17, 15) is 0 Å². The largest absolute Gasteiger partial charge is 0.354 e. The lowest BCUT2D eigenvalue weighted by Crippen LogP contribution is -2.48. The van der Waals surface area contributed by atoms with E-state index in [2.05, 4.69) is 54.8 Å². The molecule has 0 aliphatic carbocycles. The van der Waals surface area contributed by atoms with Gasteiger partial charge >= 0.3 is 0 Å². The first-order chi connectivity index (χ1) is 13.3. The number of aromatic amines is 1. The highest BCUT2D eigenvalue weighted by atomic mass is 127. The molecule has 1 aliphatic heterocycles. The van der Waals surface area contributed by atoms with Crippen molar-refractivity contribution in [3.63, 3.8) is 0 Å². The molecule has 1 aromatic heterocycles. The Kier molecular flexibility index (Phi) is 9.69. The van der Waals surface area contributed by atoms with Crippen LogP contribution in [0.25, 0.3) is 11.4 Å². The highest BCUT2D eigenvalue weighted by molar-refractivity contribution is 14.0. The van der Waals surface area contributed by atoms with Crippen LogP contribution in [-0.4, -0.2) is 58.8 Å². The van der Waals surface area contributed by atoms with E-state index in [1.165, 1.54) is 57.2 Å². The molecule has 1 fully saturated rings. The van der Waals surface area contributed by atoms with E-state index in [1.54, 1.807) is 0 Å². The van der Waals surface area contributed by atoms with Crippen molar-refractivity contribution in [2.24, 2.45) is 4.99 Å². The monoisotopic (exact) mass is 497 g/mol. The number of aromatic nitrogens is 3. The van der Waals surface area contributed by atoms with Crippen LogP contribution < -0.4 is 10.6 Å². The number of benzene rings is 1. The summed E-state index contributed by atoms with van der Waals surface area (Å²) in [5.41, 5.74) is 2.22. The molecule has 28 heavy (non-hydrogen) atoms. The van der Waals surface area contributed by atoms with Gasteiger partial charge in [-0.05, 0) is 37.4 Å². The Bertz CT molecular complexity index is 709. The fourth-order valence-electron chi connectivity index (χ4n) is 3.43. The van der Waals surface area contributed by atoms with Crippen molar-refractivity contribution in [2.75, 3.05) is 26.7 Å². The molecule has 1 aliphatic rings. The third-order valence-electron chi connectivity index (χ3n) is 5.06. The van der Waals surface area contributed by atoms with Gasteiger partial charge in [0.25, 0.3) is 0 Å². The molecule has 0 amide bonds. The maximum Gasteiger partial charge on any atom is 0.191 e. The molecule has 0 spiro atoms. The highest BCUT2D eigenvalue weighted by Crippen LogP contribution is 2.15. The van der Waals surface area contributed by atoms with Gasteiger partial charge in [-0.3, -0.25) is 10.1 Å². The summed E-state index contributed by atoms with van der Waals surface area (Å²) >= 11 is 0. The summed E-state index contributed by atoms with van der Waals surface area (Å²) in [4.78, 5) is 11.2. The van der Waals surface area contributed by atoms with Gasteiger partial charge in [0, 0.05) is 38.3 Å². The number of nitrogens with zero attached hydrogens (tertiary/aromatic N) is 4. The van der Waals surface area contributed by atoms with Gasteiger partial charge in [0.1, 0.15) is 6.33 Å². The lowest BCUT2D eigenvalue weighted by molar-refractivity contribution is 0.203. The number of H-pyrrole nitrogens is 1. The molecule has 2 heterocycles. The summed E-state index contributed by atoms with van der Waals surface area (Å²) in [7, 11) is 1.83. The lowest BCUT2D eigenvalue weighted by atomic mass is 10.0. The van der Waals surface area contributed by atoms with E-state index in [4.69, 9.17) is 0 Å². The molecule has 0 saturated carbocycles. The van der Waals surface area contributed by atoms with Crippen molar-refractivity contribution < 1.29 is 0 Å². The molecule has 1 aromatic carbocycles. The van der Waals surface area contributed by atoms with Crippen molar-refractivity contribution in [3.05, 3.63) is 36.2 Å². The molecule has 0 radical (unpaired) electrons. The minimum Gasteiger partial charge on any atom is -0.354 e. The van der Waals surface area contributed by atoms with Gasteiger partial charge < -0.3 is 15.5 Å². The predicted molar refractivity (Wildman–Crippen MR) is 125 cm³/mol. The minimum atomic E-state index is 0. The second-order valence-electron chi connectivity index (χ2n) is 7.07. The van der Waals surface area contributed by atoms with Gasteiger partial charge in [-0.25, -0.2) is 4.98 Å². The second kappa shape index (κ2) is 12.0. The van der Waals surface area contributed by atoms with E-state index in [1.807, 2.05) is 19.2 Å². The number of guanidine groups is 1. The zero-order valence-electron chi connectivity index (χ0n) is 16.8. The summed E-state index contributed by atoms with van der Waals surface area (Å²) in [6, 6.07) is 8.79. The highest BCUT2D eigenvalue weighted by Gasteiger charge is 2.19. The van der Waals surface area contributed by atoms with Gasteiger partial charge in [-0.2, -0.15) is 5.10 Å². The van der Waals surface area contributed by atoms with Crippen molar-refractivity contribution >= 4 is 29.9 Å². The molecule has 3 N–H and O–H groups in total. The first-order valence-corrected chi connectivity index (χ1v) is 9.92. The first kappa shape index (κ1) is 22.6. The Morgan fingerprint density at radius 2 is 2.14 bits per heavy atom. The topological polar surface area (TPSA) is 81.2 Å². The van der Waals surface area contributed by atoms with Gasteiger partial charge in [-0.15, -0.1) is 24.0 Å². The number of rotatable bonds is 7. The fourth-order valence-corrected chi connectivity index (χ4v) is 3.43. The van der Waals surface area contributed by atoms with Crippen LogP contribution in [0.5, 0.6) is 0 Å². The normalized spacial score (nSPS) is 15.9. The summed E-state index contributed by atoms with van der Waals surface area (Å²) < 4.78 is 0. The quantitative estimate of drug-likeness (QED) is 0.311. The fraction of sp³-hybridized carbons (Fsp3) is 0.550. The summed E-state index contributed by atoms with van der Waals surface area (Å²) in [5.74, 6) is 1.65.